The summed E-state index contributed by atoms with van der Waals surface area (Å²) in [5, 5.41) is 30.1. The summed E-state index contributed by atoms with van der Waals surface area (Å²) < 4.78 is 17.2. The molecule has 474 valence electrons. The number of phenolic OH excluding ortho intramolecular Hbond substituents is 2. The van der Waals surface area contributed by atoms with Crippen LogP contribution in [0.4, 0.5) is 0 Å². The van der Waals surface area contributed by atoms with Gasteiger partial charge in [0.15, 0.2) is 17.0 Å². The van der Waals surface area contributed by atoms with Crippen LogP contribution in [0.2, 0.25) is 0 Å². The van der Waals surface area contributed by atoms with Crippen molar-refractivity contribution >= 4 is 88.0 Å². The second-order valence-corrected chi connectivity index (χ2v) is 28.6. The second kappa shape index (κ2) is 23.0. The van der Waals surface area contributed by atoms with E-state index in [2.05, 4.69) is 177 Å². The summed E-state index contributed by atoms with van der Waals surface area (Å²) in [6, 6.07) is 66.9. The van der Waals surface area contributed by atoms with Gasteiger partial charge in [0.25, 0.3) is 0 Å². The maximum Gasteiger partial charge on any atom is 0.180 e. The first-order chi connectivity index (χ1) is 45.0. The van der Waals surface area contributed by atoms with Crippen LogP contribution in [0.25, 0.3) is 145 Å². The van der Waals surface area contributed by atoms with Gasteiger partial charge in [-0.3, -0.25) is 14.5 Å². The number of nitrogens with zero attached hydrogens (tertiary/aromatic N) is 8. The molecule has 0 aliphatic carbocycles. The van der Waals surface area contributed by atoms with Crippen molar-refractivity contribution in [2.45, 2.75) is 105 Å². The molecule has 8 aromatic carbocycles. The normalized spacial score (nSPS) is 12.4. The van der Waals surface area contributed by atoms with Gasteiger partial charge in [0.05, 0.1) is 16.9 Å². The smallest absolute Gasteiger partial charge is 0.180 e. The number of aromatic hydroxyl groups is 2. The van der Waals surface area contributed by atoms with E-state index in [0.29, 0.717) is 61.9 Å². The molecule has 0 aliphatic heterocycles. The van der Waals surface area contributed by atoms with Crippen molar-refractivity contribution in [1.29, 1.82) is 0 Å². The molecule has 0 aliphatic rings. The molecule has 95 heavy (non-hydrogen) atoms. The molecule has 0 saturated carbocycles. The Hall–Kier alpha value is -10.3. The Morgan fingerprint density at radius 3 is 1.36 bits per heavy atom. The van der Waals surface area contributed by atoms with E-state index in [1.165, 1.54) is 0 Å². The van der Waals surface area contributed by atoms with Crippen LogP contribution in [-0.4, -0.2) is 49.3 Å². The maximum absolute atomic E-state index is 11.9. The molecular formula is C82H71N8O4Pt-. The van der Waals surface area contributed by atoms with Crippen molar-refractivity contribution in [3.05, 3.63) is 229 Å². The van der Waals surface area contributed by atoms with Crippen LogP contribution in [-0.2, 0) is 42.7 Å². The summed E-state index contributed by atoms with van der Waals surface area (Å²) in [7, 11) is 0. The number of hydrogen-bond acceptors (Lipinski definition) is 10. The molecule has 0 atom stereocenters. The van der Waals surface area contributed by atoms with Gasteiger partial charge in [0.1, 0.15) is 56.4 Å². The second-order valence-electron chi connectivity index (χ2n) is 28.6. The summed E-state index contributed by atoms with van der Waals surface area (Å²) in [6.45, 7) is 25.8. The molecule has 0 unspecified atom stereocenters. The van der Waals surface area contributed by atoms with Gasteiger partial charge in [-0.1, -0.05) is 168 Å². The molecule has 8 heterocycles. The molecule has 0 radical (unpaired) electrons. The Morgan fingerprint density at radius 2 is 0.842 bits per heavy atom. The summed E-state index contributed by atoms with van der Waals surface area (Å²) in [5.41, 5.74) is 16.6. The Balaban J connectivity index is 0.000000162. The van der Waals surface area contributed by atoms with E-state index >= 15 is 0 Å². The van der Waals surface area contributed by atoms with Crippen molar-refractivity contribution < 1.29 is 40.1 Å². The molecule has 0 amide bonds. The van der Waals surface area contributed by atoms with Crippen LogP contribution in [0.15, 0.2) is 209 Å². The van der Waals surface area contributed by atoms with Crippen molar-refractivity contribution in [2.24, 2.45) is 0 Å². The molecular weight excluding hydrogens is 1360 g/mol. The van der Waals surface area contributed by atoms with Crippen LogP contribution >= 0.6 is 0 Å². The molecule has 12 nitrogen and oxygen atoms in total. The van der Waals surface area contributed by atoms with Crippen molar-refractivity contribution in [1.82, 2.24) is 39.0 Å². The molecule has 16 rings (SSSR count). The SMILES string of the molecule is CC(C)(C)c1cc(-c2nc(-c3[c-]c(-n4c5ccccc5c5cccnc54)ccc3)nc3c2oc2ccccc23)c(O)c(C(C)(C)C)c1.CC(C)(C)c1cc(-c2nc(-c3cccc(-n4c5ccccc5c5cccnc54)c3)nc3c2oc2ccccc23)c(O)c(C(C)(C)C)c1.[Pt]. The quantitative estimate of drug-likeness (QED) is 0.154. The van der Waals surface area contributed by atoms with Gasteiger partial charge in [-0.2, -0.15) is 0 Å². The average molecular weight is 1430 g/mol. The Bertz CT molecular complexity index is 5270. The number of pyridine rings is 2. The number of aromatic nitrogens is 8. The fourth-order valence-corrected chi connectivity index (χ4v) is 13.0. The van der Waals surface area contributed by atoms with Gasteiger partial charge < -0.3 is 23.6 Å². The predicted octanol–water partition coefficient (Wildman–Crippen LogP) is 20.8. The fraction of sp³-hybridized carbons (Fsp3) is 0.195. The van der Waals surface area contributed by atoms with Crippen molar-refractivity contribution in [3.8, 4) is 68.2 Å². The monoisotopic (exact) mass is 1430 g/mol. The van der Waals surface area contributed by atoms with E-state index in [0.717, 1.165) is 105 Å². The zero-order valence-corrected chi connectivity index (χ0v) is 57.4. The van der Waals surface area contributed by atoms with Crippen LogP contribution in [0, 0.1) is 6.07 Å². The van der Waals surface area contributed by atoms with E-state index in [-0.39, 0.29) is 54.2 Å². The molecule has 2 N–H and O–H groups in total. The minimum Gasteiger partial charge on any atom is -0.507 e. The number of para-hydroxylation sites is 4. The zero-order valence-electron chi connectivity index (χ0n) is 55.2. The Labute approximate surface area is 565 Å². The van der Waals surface area contributed by atoms with Crippen molar-refractivity contribution in [2.75, 3.05) is 0 Å². The van der Waals surface area contributed by atoms with Gasteiger partial charge >= 0.3 is 0 Å². The topological polar surface area (TPSA) is 154 Å². The number of phenols is 2. The minimum absolute atomic E-state index is 0. The third-order valence-corrected chi connectivity index (χ3v) is 18.0. The first kappa shape index (κ1) is 62.2. The van der Waals surface area contributed by atoms with Crippen LogP contribution in [0.5, 0.6) is 11.5 Å². The predicted molar refractivity (Wildman–Crippen MR) is 382 cm³/mol. The maximum atomic E-state index is 11.9. The minimum atomic E-state index is -0.304. The Kier molecular flexibility index (Phi) is 15.1. The molecule has 0 bridgehead atoms. The van der Waals surface area contributed by atoms with Gasteiger partial charge in [-0.05, 0) is 123 Å². The summed E-state index contributed by atoms with van der Waals surface area (Å²) in [6.07, 6.45) is 3.65. The molecule has 0 fully saturated rings. The standard InChI is InChI=1S/C41H36N4O2.C41H35N4O2.Pt/c2*1-40(2,3)25-22-30(36(46)31(23-25)41(4,5)6)35-37-34(29-16-8-10-19-33(29)47-37)43-38(44-35)24-13-11-14-26(21-24)45-32-18-9-7-15-27(32)28-17-12-20-42-39(28)45;/h7-23,46H,1-6H3;7-20,22-23,46H,1-6H3;/q;-1;. The third kappa shape index (κ3) is 10.8. The van der Waals surface area contributed by atoms with Crippen LogP contribution < -0.4 is 0 Å². The van der Waals surface area contributed by atoms with E-state index in [1.807, 2.05) is 122 Å². The summed E-state index contributed by atoms with van der Waals surface area (Å²) in [4.78, 5) is 30.1. The summed E-state index contributed by atoms with van der Waals surface area (Å²) in [5.74, 6) is 1.45. The fourth-order valence-electron chi connectivity index (χ4n) is 13.0. The van der Waals surface area contributed by atoms with Gasteiger partial charge in [0.2, 0.25) is 0 Å². The number of rotatable bonds is 6. The van der Waals surface area contributed by atoms with E-state index in [9.17, 15) is 10.2 Å². The molecule has 0 spiro atoms. The van der Waals surface area contributed by atoms with Crippen LogP contribution in [0.3, 0.4) is 0 Å². The van der Waals surface area contributed by atoms with E-state index < -0.39 is 0 Å². The third-order valence-electron chi connectivity index (χ3n) is 18.0. The molecule has 8 aromatic heterocycles. The van der Waals surface area contributed by atoms with E-state index in [4.69, 9.17) is 38.7 Å². The van der Waals surface area contributed by atoms with E-state index in [1.54, 1.807) is 0 Å². The first-order valence-corrected chi connectivity index (χ1v) is 32.0. The van der Waals surface area contributed by atoms with Gasteiger partial charge in [-0.15, -0.1) is 29.8 Å². The molecule has 13 heteroatoms. The number of furan rings is 2. The first-order valence-electron chi connectivity index (χ1n) is 32.0. The van der Waals surface area contributed by atoms with Gasteiger partial charge in [0, 0.05) is 99.3 Å². The number of fused-ring (bicyclic) bond motifs is 12. The number of benzene rings is 8. The zero-order chi connectivity index (χ0) is 65.3. The summed E-state index contributed by atoms with van der Waals surface area (Å²) >= 11 is 0. The average Bonchev–Trinajstić information content (AvgIpc) is 1.69. The Morgan fingerprint density at radius 1 is 0.400 bits per heavy atom. The van der Waals surface area contributed by atoms with Gasteiger partial charge in [-0.25, -0.2) is 19.9 Å². The molecule has 16 aromatic rings. The van der Waals surface area contributed by atoms with Crippen molar-refractivity contribution in [3.63, 3.8) is 0 Å². The number of hydrogen-bond donors (Lipinski definition) is 2. The largest absolute Gasteiger partial charge is 0.507 e. The molecule has 0 saturated heterocycles. The van der Waals surface area contributed by atoms with Crippen LogP contribution in [0.1, 0.15) is 105 Å².